The molecule has 1 N–H and O–H groups in total. The van der Waals surface area contributed by atoms with E-state index in [4.69, 9.17) is 4.74 Å². The Balaban J connectivity index is 1.54. The van der Waals surface area contributed by atoms with Crippen molar-refractivity contribution in [3.8, 4) is 0 Å². The number of nitrogens with zero attached hydrogens (tertiary/aromatic N) is 2. The molecular weight excluding hydrogens is 290 g/mol. The summed E-state index contributed by atoms with van der Waals surface area (Å²) < 4.78 is 7.85. The molecule has 23 heavy (non-hydrogen) atoms. The summed E-state index contributed by atoms with van der Waals surface area (Å²) in [5.41, 5.74) is 1.19. The van der Waals surface area contributed by atoms with Crippen LogP contribution in [0.4, 0.5) is 4.79 Å². The van der Waals surface area contributed by atoms with Gasteiger partial charge in [-0.05, 0) is 43.1 Å². The summed E-state index contributed by atoms with van der Waals surface area (Å²) in [5.74, 6) is 1.70. The van der Waals surface area contributed by atoms with Crippen molar-refractivity contribution in [3.05, 3.63) is 18.0 Å². The Hall–Kier alpha value is -1.52. The number of hydrogen-bond acceptors (Lipinski definition) is 3. The average molecular weight is 319 g/mol. The van der Waals surface area contributed by atoms with Gasteiger partial charge in [0.2, 0.25) is 0 Å². The van der Waals surface area contributed by atoms with Crippen molar-refractivity contribution in [1.82, 2.24) is 15.1 Å². The molecule has 0 bridgehead atoms. The lowest BCUT2D eigenvalue weighted by Gasteiger charge is -2.37. The lowest BCUT2D eigenvalue weighted by molar-refractivity contribution is 0.00462. The second kappa shape index (κ2) is 6.93. The molecule has 0 unspecified atom stereocenters. The minimum atomic E-state index is -0.243. The first-order valence-corrected chi connectivity index (χ1v) is 9.00. The molecule has 128 valence electrons. The van der Waals surface area contributed by atoms with Gasteiger partial charge in [-0.2, -0.15) is 5.10 Å². The molecule has 2 heterocycles. The zero-order chi connectivity index (χ0) is 16.4. The minimum absolute atomic E-state index is 0.0628. The van der Waals surface area contributed by atoms with E-state index in [1.54, 1.807) is 0 Å². The maximum atomic E-state index is 12.3. The van der Waals surface area contributed by atoms with Crippen LogP contribution in [0.25, 0.3) is 0 Å². The molecule has 1 aliphatic heterocycles. The number of alkyl carbamates (subject to hydrolysis) is 1. The molecule has 0 saturated heterocycles. The second-order valence-electron chi connectivity index (χ2n) is 7.65. The van der Waals surface area contributed by atoms with Crippen molar-refractivity contribution in [3.63, 3.8) is 0 Å². The van der Waals surface area contributed by atoms with Crippen LogP contribution >= 0.6 is 0 Å². The van der Waals surface area contributed by atoms with Crippen molar-refractivity contribution in [1.29, 1.82) is 0 Å². The maximum absolute atomic E-state index is 12.3. The van der Waals surface area contributed by atoms with Gasteiger partial charge in [0.15, 0.2) is 0 Å². The molecule has 0 aromatic carbocycles. The summed E-state index contributed by atoms with van der Waals surface area (Å²) in [6, 6.07) is 2.18. The highest BCUT2D eigenvalue weighted by Gasteiger charge is 2.34. The normalized spacial score (nSPS) is 30.8. The van der Waals surface area contributed by atoms with E-state index in [1.807, 2.05) is 16.9 Å². The van der Waals surface area contributed by atoms with E-state index in [0.717, 1.165) is 25.8 Å². The Labute approximate surface area is 138 Å². The van der Waals surface area contributed by atoms with Crippen molar-refractivity contribution >= 4 is 6.09 Å². The summed E-state index contributed by atoms with van der Waals surface area (Å²) in [7, 11) is 0. The van der Waals surface area contributed by atoms with Crippen LogP contribution in [0.5, 0.6) is 0 Å². The van der Waals surface area contributed by atoms with E-state index in [0.29, 0.717) is 17.8 Å². The van der Waals surface area contributed by atoms with E-state index in [1.165, 1.54) is 18.5 Å². The topological polar surface area (TPSA) is 56.1 Å². The zero-order valence-corrected chi connectivity index (χ0v) is 14.5. The monoisotopic (exact) mass is 319 g/mol. The van der Waals surface area contributed by atoms with E-state index >= 15 is 0 Å². The number of amides is 1. The smallest absolute Gasteiger partial charge is 0.407 e. The van der Waals surface area contributed by atoms with Gasteiger partial charge in [-0.25, -0.2) is 4.79 Å². The number of rotatable bonds is 3. The first-order valence-electron chi connectivity index (χ1n) is 9.00. The minimum Gasteiger partial charge on any atom is -0.446 e. The Morgan fingerprint density at radius 3 is 3.00 bits per heavy atom. The van der Waals surface area contributed by atoms with Gasteiger partial charge in [0, 0.05) is 30.9 Å². The van der Waals surface area contributed by atoms with Crippen LogP contribution in [-0.4, -0.2) is 28.0 Å². The van der Waals surface area contributed by atoms with Crippen LogP contribution in [0.15, 0.2) is 12.3 Å². The van der Waals surface area contributed by atoms with Gasteiger partial charge < -0.3 is 10.1 Å². The summed E-state index contributed by atoms with van der Waals surface area (Å²) in [5, 5.41) is 7.34. The molecule has 1 aromatic heterocycles. The molecule has 4 atom stereocenters. The third-order valence-corrected chi connectivity index (χ3v) is 5.49. The van der Waals surface area contributed by atoms with Crippen LogP contribution in [0.3, 0.4) is 0 Å². The van der Waals surface area contributed by atoms with Gasteiger partial charge in [-0.15, -0.1) is 0 Å². The van der Waals surface area contributed by atoms with E-state index in [2.05, 4.69) is 31.2 Å². The summed E-state index contributed by atoms with van der Waals surface area (Å²) in [6.07, 6.45) is 6.81. The third-order valence-electron chi connectivity index (χ3n) is 5.49. The molecule has 0 radical (unpaired) electrons. The molecule has 1 aromatic rings. The molecule has 0 spiro atoms. The van der Waals surface area contributed by atoms with Crippen molar-refractivity contribution in [2.45, 2.75) is 71.6 Å². The zero-order valence-electron chi connectivity index (χ0n) is 14.5. The Morgan fingerprint density at radius 1 is 1.39 bits per heavy atom. The number of nitrogens with one attached hydrogen (secondary N) is 1. The highest BCUT2D eigenvalue weighted by Crippen LogP contribution is 2.35. The first kappa shape index (κ1) is 16.3. The van der Waals surface area contributed by atoms with Crippen LogP contribution in [-0.2, 0) is 17.7 Å². The number of carbonyl (C=O) groups is 1. The highest BCUT2D eigenvalue weighted by atomic mass is 16.6. The van der Waals surface area contributed by atoms with Gasteiger partial charge in [0.05, 0.1) is 0 Å². The molecule has 1 saturated carbocycles. The van der Waals surface area contributed by atoms with Crippen molar-refractivity contribution in [2.24, 2.45) is 17.8 Å². The predicted octanol–water partition coefficient (Wildman–Crippen LogP) is 3.38. The van der Waals surface area contributed by atoms with Crippen LogP contribution in [0.1, 0.15) is 52.1 Å². The summed E-state index contributed by atoms with van der Waals surface area (Å²) in [6.45, 7) is 7.59. The van der Waals surface area contributed by atoms with Gasteiger partial charge in [-0.1, -0.05) is 27.2 Å². The predicted molar refractivity (Wildman–Crippen MR) is 89.1 cm³/mol. The molecule has 1 fully saturated rings. The third kappa shape index (κ3) is 3.88. The van der Waals surface area contributed by atoms with Crippen LogP contribution < -0.4 is 5.32 Å². The van der Waals surface area contributed by atoms with Crippen LogP contribution in [0.2, 0.25) is 0 Å². The number of fused-ring (bicyclic) bond motifs is 1. The van der Waals surface area contributed by atoms with Gasteiger partial charge in [-0.3, -0.25) is 4.68 Å². The average Bonchev–Trinajstić information content (AvgIpc) is 2.94. The van der Waals surface area contributed by atoms with Gasteiger partial charge in [0.25, 0.3) is 0 Å². The fraction of sp³-hybridized carbons (Fsp3) is 0.778. The van der Waals surface area contributed by atoms with Crippen LogP contribution in [0, 0.1) is 17.8 Å². The fourth-order valence-corrected chi connectivity index (χ4v) is 4.08. The SMILES string of the molecule is CC(C)[C@@H]1CC[C@@H](C)C[C@H]1OC(=O)N[C@H]1CCn2nccc2C1. The Kier molecular flexibility index (Phi) is 4.93. The number of carbonyl (C=O) groups excluding carboxylic acids is 1. The molecule has 3 rings (SSSR count). The van der Waals surface area contributed by atoms with E-state index < -0.39 is 0 Å². The van der Waals surface area contributed by atoms with E-state index in [9.17, 15) is 4.79 Å². The summed E-state index contributed by atoms with van der Waals surface area (Å²) >= 11 is 0. The first-order chi connectivity index (χ1) is 11.0. The largest absolute Gasteiger partial charge is 0.446 e. The quantitative estimate of drug-likeness (QED) is 0.929. The fourth-order valence-electron chi connectivity index (χ4n) is 4.08. The number of ether oxygens (including phenoxy) is 1. The van der Waals surface area contributed by atoms with Crippen molar-refractivity contribution in [2.75, 3.05) is 0 Å². The van der Waals surface area contributed by atoms with Gasteiger partial charge >= 0.3 is 6.09 Å². The lowest BCUT2D eigenvalue weighted by atomic mass is 9.75. The molecule has 1 aliphatic carbocycles. The highest BCUT2D eigenvalue weighted by molar-refractivity contribution is 5.68. The molecule has 2 aliphatic rings. The molecule has 5 heteroatoms. The molecule has 1 amide bonds. The summed E-state index contributed by atoms with van der Waals surface area (Å²) in [4.78, 5) is 12.3. The maximum Gasteiger partial charge on any atom is 0.407 e. The number of aromatic nitrogens is 2. The molecular formula is C18H29N3O2. The van der Waals surface area contributed by atoms with Gasteiger partial charge in [0.1, 0.15) is 6.10 Å². The number of hydrogen-bond donors (Lipinski definition) is 1. The van der Waals surface area contributed by atoms with E-state index in [-0.39, 0.29) is 18.2 Å². The number of aryl methyl sites for hydroxylation is 1. The molecule has 5 nitrogen and oxygen atoms in total. The second-order valence-corrected chi connectivity index (χ2v) is 7.65. The standard InChI is InChI=1S/C18H29N3O2/c1-12(2)16-5-4-13(3)10-17(16)23-18(22)20-14-7-9-21-15(11-14)6-8-19-21/h6,8,12-14,16-17H,4-5,7,9-11H2,1-3H3,(H,20,22)/t13-,14+,16+,17-/m1/s1. The Bertz CT molecular complexity index is 540. The van der Waals surface area contributed by atoms with Crippen molar-refractivity contribution < 1.29 is 9.53 Å². The Morgan fingerprint density at radius 2 is 2.22 bits per heavy atom. The lowest BCUT2D eigenvalue weighted by Crippen LogP contribution is -2.44.